The molecule has 3 saturated heterocycles. The van der Waals surface area contributed by atoms with E-state index in [9.17, 15) is 18.8 Å². The van der Waals surface area contributed by atoms with Gasteiger partial charge in [-0.2, -0.15) is 0 Å². The Morgan fingerprint density at radius 3 is 2.61 bits per heavy atom. The molecule has 4 aliphatic heterocycles. The van der Waals surface area contributed by atoms with Gasteiger partial charge in [0.2, 0.25) is 17.7 Å². The largest absolute Gasteiger partial charge is 0.324 e. The van der Waals surface area contributed by atoms with Gasteiger partial charge in [0.25, 0.3) is 0 Å². The van der Waals surface area contributed by atoms with E-state index in [4.69, 9.17) is 0 Å². The second-order valence-electron chi connectivity index (χ2n) is 9.02. The molecule has 0 radical (unpaired) electrons. The average molecular weight is 419 g/mol. The predicted molar refractivity (Wildman–Crippen MR) is 112 cm³/mol. The minimum Gasteiger partial charge on any atom is -0.324 e. The van der Waals surface area contributed by atoms with Gasteiger partial charge < -0.3 is 5.32 Å². The van der Waals surface area contributed by atoms with Crippen molar-refractivity contribution >= 4 is 29.1 Å². The number of benzene rings is 2. The number of carbonyl (C=O) groups excluding carboxylic acids is 3. The van der Waals surface area contributed by atoms with Gasteiger partial charge in [0, 0.05) is 17.3 Å². The highest BCUT2D eigenvalue weighted by Crippen LogP contribution is 2.61. The molecule has 0 bridgehead atoms. The van der Waals surface area contributed by atoms with E-state index in [-0.39, 0.29) is 17.6 Å². The summed E-state index contributed by atoms with van der Waals surface area (Å²) in [5.74, 6) is -3.30. The molecule has 1 spiro atoms. The molecule has 158 valence electrons. The van der Waals surface area contributed by atoms with Gasteiger partial charge in [-0.1, -0.05) is 24.3 Å². The second-order valence-corrected chi connectivity index (χ2v) is 9.02. The predicted octanol–water partition coefficient (Wildman–Crippen LogP) is 2.87. The number of hydrogen-bond donors (Lipinski definition) is 1. The third-order valence-corrected chi connectivity index (χ3v) is 7.79. The molecule has 3 amide bonds. The first-order valence-electron chi connectivity index (χ1n) is 10.7. The van der Waals surface area contributed by atoms with Crippen LogP contribution in [0.25, 0.3) is 0 Å². The Morgan fingerprint density at radius 2 is 1.84 bits per heavy atom. The van der Waals surface area contributed by atoms with Crippen molar-refractivity contribution in [1.82, 2.24) is 4.90 Å². The molecule has 4 atom stereocenters. The molecule has 4 aliphatic rings. The maximum absolute atomic E-state index is 14.6. The molecular weight excluding hydrogens is 397 g/mol. The number of aryl methyl sites for hydroxylation is 1. The van der Waals surface area contributed by atoms with Crippen LogP contribution in [-0.4, -0.2) is 35.2 Å². The maximum atomic E-state index is 14.6. The van der Waals surface area contributed by atoms with E-state index in [2.05, 4.69) is 10.2 Å². The van der Waals surface area contributed by atoms with E-state index in [1.807, 2.05) is 26.0 Å². The first kappa shape index (κ1) is 18.7. The summed E-state index contributed by atoms with van der Waals surface area (Å²) in [5, 5.41) is 3.03. The van der Waals surface area contributed by atoms with Crippen molar-refractivity contribution in [1.29, 1.82) is 0 Å². The van der Waals surface area contributed by atoms with Crippen molar-refractivity contribution in [3.8, 4) is 0 Å². The van der Waals surface area contributed by atoms with Crippen LogP contribution in [0.3, 0.4) is 0 Å². The van der Waals surface area contributed by atoms with Crippen LogP contribution in [0.2, 0.25) is 0 Å². The van der Waals surface area contributed by atoms with Crippen LogP contribution >= 0.6 is 0 Å². The number of rotatable bonds is 1. The zero-order valence-electron chi connectivity index (χ0n) is 17.3. The number of imide groups is 1. The lowest BCUT2D eigenvalue weighted by molar-refractivity contribution is -0.135. The maximum Gasteiger partial charge on any atom is 0.250 e. The molecule has 3 fully saturated rings. The van der Waals surface area contributed by atoms with E-state index in [0.29, 0.717) is 6.54 Å². The first-order chi connectivity index (χ1) is 14.9. The summed E-state index contributed by atoms with van der Waals surface area (Å²) in [6.07, 6.45) is 1.59. The molecule has 0 aromatic heterocycles. The van der Waals surface area contributed by atoms with Crippen molar-refractivity contribution in [2.45, 2.75) is 38.3 Å². The summed E-state index contributed by atoms with van der Waals surface area (Å²) in [5.41, 5.74) is 2.24. The minimum absolute atomic E-state index is 0.0367. The average Bonchev–Trinajstić information content (AvgIpc) is 3.45. The van der Waals surface area contributed by atoms with Crippen molar-refractivity contribution in [3.63, 3.8) is 0 Å². The molecule has 0 aliphatic carbocycles. The molecule has 7 heteroatoms. The van der Waals surface area contributed by atoms with Crippen molar-refractivity contribution < 1.29 is 18.8 Å². The van der Waals surface area contributed by atoms with Crippen LogP contribution in [0.15, 0.2) is 36.4 Å². The Hall–Kier alpha value is -3.06. The summed E-state index contributed by atoms with van der Waals surface area (Å²) in [6, 6.07) is 9.48. The fourth-order valence-electron chi connectivity index (χ4n) is 6.39. The standard InChI is InChI=1S/C24H22FN3O3/c1-12-9-10-14-20(13(12)2)26-23(31)24(14)19-18(17-8-5-11-27(17)24)21(29)28(22(19)30)16-7-4-3-6-15(16)25/h3-4,6-7,9-10,17-19H,5,8,11H2,1-2H3,(H,26,31). The van der Waals surface area contributed by atoms with Crippen LogP contribution in [0.5, 0.6) is 0 Å². The number of para-hydroxylation sites is 1. The Balaban J connectivity index is 1.59. The molecule has 1 N–H and O–H groups in total. The van der Waals surface area contributed by atoms with Gasteiger partial charge in [0.05, 0.1) is 17.5 Å². The van der Waals surface area contributed by atoms with E-state index < -0.39 is 35.0 Å². The lowest BCUT2D eigenvalue weighted by Crippen LogP contribution is -2.54. The zero-order chi connectivity index (χ0) is 21.7. The Labute approximate surface area is 179 Å². The number of hydrogen-bond acceptors (Lipinski definition) is 4. The highest BCUT2D eigenvalue weighted by molar-refractivity contribution is 6.26. The van der Waals surface area contributed by atoms with Gasteiger partial charge in [-0.25, -0.2) is 9.29 Å². The van der Waals surface area contributed by atoms with E-state index in [1.165, 1.54) is 18.2 Å². The molecule has 2 aromatic rings. The Bertz CT molecular complexity index is 1190. The van der Waals surface area contributed by atoms with Gasteiger partial charge in [-0.15, -0.1) is 0 Å². The van der Waals surface area contributed by atoms with E-state index in [0.717, 1.165) is 40.1 Å². The molecule has 6 nitrogen and oxygen atoms in total. The third-order valence-electron chi connectivity index (χ3n) is 7.79. The summed E-state index contributed by atoms with van der Waals surface area (Å²) in [7, 11) is 0. The number of nitrogens with zero attached hydrogens (tertiary/aromatic N) is 2. The lowest BCUT2D eigenvalue weighted by Gasteiger charge is -2.36. The zero-order valence-corrected chi connectivity index (χ0v) is 17.3. The fraction of sp³-hybridized carbons (Fsp3) is 0.375. The summed E-state index contributed by atoms with van der Waals surface area (Å²) >= 11 is 0. The first-order valence-corrected chi connectivity index (χ1v) is 10.7. The van der Waals surface area contributed by atoms with Gasteiger partial charge in [0.1, 0.15) is 11.4 Å². The number of anilines is 2. The van der Waals surface area contributed by atoms with Gasteiger partial charge in [0.15, 0.2) is 0 Å². The topological polar surface area (TPSA) is 69.7 Å². The molecule has 4 heterocycles. The molecule has 31 heavy (non-hydrogen) atoms. The minimum atomic E-state index is -1.23. The monoisotopic (exact) mass is 419 g/mol. The summed E-state index contributed by atoms with van der Waals surface area (Å²) in [6.45, 7) is 4.58. The summed E-state index contributed by atoms with van der Waals surface area (Å²) < 4.78 is 14.6. The quantitative estimate of drug-likeness (QED) is 0.722. The van der Waals surface area contributed by atoms with Gasteiger partial charge in [-0.3, -0.25) is 19.3 Å². The number of halogens is 1. The van der Waals surface area contributed by atoms with Crippen LogP contribution in [-0.2, 0) is 19.9 Å². The lowest BCUT2D eigenvalue weighted by atomic mass is 9.75. The smallest absolute Gasteiger partial charge is 0.250 e. The van der Waals surface area contributed by atoms with E-state index in [1.54, 1.807) is 6.07 Å². The number of nitrogens with one attached hydrogen (secondary N) is 1. The number of carbonyl (C=O) groups is 3. The number of fused-ring (bicyclic) bond motifs is 7. The van der Waals surface area contributed by atoms with Crippen molar-refractivity contribution in [2.24, 2.45) is 11.8 Å². The van der Waals surface area contributed by atoms with Crippen LogP contribution in [0.1, 0.15) is 29.5 Å². The van der Waals surface area contributed by atoms with Crippen molar-refractivity contribution in [2.75, 3.05) is 16.8 Å². The molecule has 6 rings (SSSR count). The number of amides is 3. The van der Waals surface area contributed by atoms with Gasteiger partial charge >= 0.3 is 0 Å². The Kier molecular flexibility index (Phi) is 3.62. The molecule has 4 unspecified atom stereocenters. The second kappa shape index (κ2) is 6.01. The van der Waals surface area contributed by atoms with Crippen molar-refractivity contribution in [3.05, 3.63) is 58.9 Å². The van der Waals surface area contributed by atoms with Crippen LogP contribution < -0.4 is 10.2 Å². The molecule has 0 saturated carbocycles. The normalized spacial score (nSPS) is 31.4. The van der Waals surface area contributed by atoms with Crippen LogP contribution in [0, 0.1) is 31.5 Å². The van der Waals surface area contributed by atoms with Gasteiger partial charge in [-0.05, 0) is 56.5 Å². The Morgan fingerprint density at radius 1 is 1.06 bits per heavy atom. The van der Waals surface area contributed by atoms with E-state index >= 15 is 0 Å². The fourth-order valence-corrected chi connectivity index (χ4v) is 6.39. The highest BCUT2D eigenvalue weighted by Gasteiger charge is 2.74. The third kappa shape index (κ3) is 2.03. The highest BCUT2D eigenvalue weighted by atomic mass is 19.1. The summed E-state index contributed by atoms with van der Waals surface area (Å²) in [4.78, 5) is 44.0. The molecule has 2 aromatic carbocycles. The SMILES string of the molecule is Cc1ccc2c(c1C)NC(=O)C21C2C(=O)N(c3ccccc3F)C(=O)C2C2CCCN21. The molecular formula is C24H22FN3O3. The van der Waals surface area contributed by atoms with Crippen LogP contribution in [0.4, 0.5) is 15.8 Å².